The molecule has 0 fully saturated rings. The van der Waals surface area contributed by atoms with E-state index in [4.69, 9.17) is 5.73 Å². The smallest absolute Gasteiger partial charge is 0.00387 e. The van der Waals surface area contributed by atoms with E-state index in [1.54, 1.807) is 0 Å². The highest BCUT2D eigenvalue weighted by atomic mass is 14.6. The first kappa shape index (κ1) is 11.0. The Kier molecular flexibility index (Phi) is 8.03. The Morgan fingerprint density at radius 2 is 1.64 bits per heavy atom. The molecule has 2 N–H and O–H groups in total. The maximum Gasteiger partial charge on any atom is 0.00387 e. The fourth-order valence-electron chi connectivity index (χ4n) is 1.35. The predicted octanol–water partition coefficient (Wildman–Crippen LogP) is 3.08. The van der Waals surface area contributed by atoms with E-state index in [2.05, 4.69) is 13.8 Å². The summed E-state index contributed by atoms with van der Waals surface area (Å²) in [5.41, 5.74) is 5.87. The van der Waals surface area contributed by atoms with E-state index in [0.29, 0.717) is 6.04 Å². The second-order valence-electron chi connectivity index (χ2n) is 3.40. The van der Waals surface area contributed by atoms with Gasteiger partial charge < -0.3 is 5.73 Å². The first-order chi connectivity index (χ1) is 5.31. The zero-order valence-corrected chi connectivity index (χ0v) is 8.10. The lowest BCUT2D eigenvalue weighted by Gasteiger charge is -2.08. The molecule has 1 heteroatoms. The van der Waals surface area contributed by atoms with Gasteiger partial charge in [-0.25, -0.2) is 0 Å². The Bertz CT molecular complexity index is 71.3. The molecule has 11 heavy (non-hydrogen) atoms. The Labute approximate surface area is 71.4 Å². The Morgan fingerprint density at radius 1 is 0.909 bits per heavy atom. The summed E-state index contributed by atoms with van der Waals surface area (Å²) >= 11 is 0. The highest BCUT2D eigenvalue weighted by Crippen LogP contribution is 2.07. The van der Waals surface area contributed by atoms with Crippen LogP contribution in [0.2, 0.25) is 0 Å². The molecule has 0 aromatic rings. The van der Waals surface area contributed by atoms with Crippen molar-refractivity contribution < 1.29 is 0 Å². The molecule has 0 saturated carbocycles. The van der Waals surface area contributed by atoms with Crippen LogP contribution in [0.25, 0.3) is 0 Å². The number of rotatable bonds is 7. The van der Waals surface area contributed by atoms with Crippen LogP contribution in [-0.2, 0) is 0 Å². The topological polar surface area (TPSA) is 26.0 Å². The van der Waals surface area contributed by atoms with Crippen molar-refractivity contribution in [1.82, 2.24) is 0 Å². The summed E-state index contributed by atoms with van der Waals surface area (Å²) in [6.07, 6.45) is 9.06. The van der Waals surface area contributed by atoms with Crippen molar-refractivity contribution in [3.8, 4) is 0 Å². The monoisotopic (exact) mass is 157 g/mol. The molecule has 0 saturated heterocycles. The van der Waals surface area contributed by atoms with Crippen molar-refractivity contribution in [1.29, 1.82) is 0 Å². The first-order valence-electron chi connectivity index (χ1n) is 5.06. The van der Waals surface area contributed by atoms with Crippen LogP contribution in [0.15, 0.2) is 0 Å². The Morgan fingerprint density at radius 3 is 2.18 bits per heavy atom. The molecule has 0 unspecified atom stereocenters. The maximum absolute atomic E-state index is 5.87. The summed E-state index contributed by atoms with van der Waals surface area (Å²) in [5, 5.41) is 0. The van der Waals surface area contributed by atoms with Crippen LogP contribution in [0.4, 0.5) is 0 Å². The summed E-state index contributed by atoms with van der Waals surface area (Å²) in [4.78, 5) is 0. The van der Waals surface area contributed by atoms with Crippen LogP contribution in [0, 0.1) is 0 Å². The molecule has 0 aliphatic heterocycles. The third-order valence-corrected chi connectivity index (χ3v) is 2.09. The van der Waals surface area contributed by atoms with Crippen molar-refractivity contribution >= 4 is 0 Å². The summed E-state index contributed by atoms with van der Waals surface area (Å²) in [6.45, 7) is 4.44. The van der Waals surface area contributed by atoms with Gasteiger partial charge in [0.1, 0.15) is 0 Å². The molecule has 0 spiro atoms. The minimum Gasteiger partial charge on any atom is -0.328 e. The molecule has 0 radical (unpaired) electrons. The van der Waals surface area contributed by atoms with Crippen LogP contribution in [-0.4, -0.2) is 6.04 Å². The van der Waals surface area contributed by atoms with Crippen LogP contribution < -0.4 is 5.73 Å². The number of hydrogen-bond acceptors (Lipinski definition) is 1. The van der Waals surface area contributed by atoms with Gasteiger partial charge in [0, 0.05) is 6.04 Å². The molecule has 0 heterocycles. The molecule has 0 aliphatic carbocycles. The van der Waals surface area contributed by atoms with Crippen molar-refractivity contribution in [3.05, 3.63) is 0 Å². The number of nitrogens with two attached hydrogens (primary N) is 1. The quantitative estimate of drug-likeness (QED) is 0.565. The summed E-state index contributed by atoms with van der Waals surface area (Å²) < 4.78 is 0. The maximum atomic E-state index is 5.87. The van der Waals surface area contributed by atoms with Gasteiger partial charge in [0.05, 0.1) is 0 Å². The molecule has 0 aromatic heterocycles. The van der Waals surface area contributed by atoms with Gasteiger partial charge in [0.2, 0.25) is 0 Å². The van der Waals surface area contributed by atoms with Gasteiger partial charge in [0.15, 0.2) is 0 Å². The van der Waals surface area contributed by atoms with Gasteiger partial charge in [-0.2, -0.15) is 0 Å². The molecule has 0 amide bonds. The van der Waals surface area contributed by atoms with E-state index >= 15 is 0 Å². The average Bonchev–Trinajstić information content (AvgIpc) is 1.99. The van der Waals surface area contributed by atoms with Crippen molar-refractivity contribution in [2.24, 2.45) is 5.73 Å². The Balaban J connectivity index is 2.97. The van der Waals surface area contributed by atoms with Gasteiger partial charge in [-0.3, -0.25) is 0 Å². The molecule has 1 atom stereocenters. The van der Waals surface area contributed by atoms with E-state index in [1.165, 1.54) is 44.9 Å². The van der Waals surface area contributed by atoms with E-state index in [0.717, 1.165) is 0 Å². The van der Waals surface area contributed by atoms with Crippen LogP contribution >= 0.6 is 0 Å². The molecule has 0 rings (SSSR count). The second kappa shape index (κ2) is 8.06. The fourth-order valence-corrected chi connectivity index (χ4v) is 1.35. The molecular weight excluding hydrogens is 134 g/mol. The Hall–Kier alpha value is -0.0400. The normalized spacial score (nSPS) is 13.4. The summed E-state index contributed by atoms with van der Waals surface area (Å²) in [6, 6.07) is 0.469. The zero-order chi connectivity index (χ0) is 8.53. The molecule has 1 nitrogen and oxygen atoms in total. The highest BCUT2D eigenvalue weighted by molar-refractivity contribution is 4.59. The standard InChI is InChI=1S/C10H23N/c1-3-5-6-7-9-10(11)8-4-2/h10H,3-9,11H2,1-2H3/t10-/m1/s1. The van der Waals surface area contributed by atoms with Crippen LogP contribution in [0.3, 0.4) is 0 Å². The van der Waals surface area contributed by atoms with Gasteiger partial charge in [-0.15, -0.1) is 0 Å². The van der Waals surface area contributed by atoms with Gasteiger partial charge in [-0.05, 0) is 12.8 Å². The van der Waals surface area contributed by atoms with Gasteiger partial charge in [-0.1, -0.05) is 46.0 Å². The zero-order valence-electron chi connectivity index (χ0n) is 8.10. The largest absolute Gasteiger partial charge is 0.328 e. The molecule has 0 aromatic carbocycles. The van der Waals surface area contributed by atoms with Crippen LogP contribution in [0.1, 0.15) is 58.8 Å². The number of unbranched alkanes of at least 4 members (excludes halogenated alkanes) is 3. The third kappa shape index (κ3) is 7.86. The SMILES string of the molecule is CCCCCC[C@H](N)CCC. The second-order valence-corrected chi connectivity index (χ2v) is 3.40. The van der Waals surface area contributed by atoms with E-state index < -0.39 is 0 Å². The predicted molar refractivity (Wildman–Crippen MR) is 51.6 cm³/mol. The van der Waals surface area contributed by atoms with Gasteiger partial charge in [0.25, 0.3) is 0 Å². The molecule has 0 aliphatic rings. The first-order valence-corrected chi connectivity index (χ1v) is 5.06. The van der Waals surface area contributed by atoms with Gasteiger partial charge >= 0.3 is 0 Å². The average molecular weight is 157 g/mol. The lowest BCUT2D eigenvalue weighted by Crippen LogP contribution is -2.18. The summed E-state index contributed by atoms with van der Waals surface area (Å²) in [7, 11) is 0. The van der Waals surface area contributed by atoms with E-state index in [-0.39, 0.29) is 0 Å². The lowest BCUT2D eigenvalue weighted by atomic mass is 10.0. The van der Waals surface area contributed by atoms with Crippen molar-refractivity contribution in [2.45, 2.75) is 64.8 Å². The summed E-state index contributed by atoms with van der Waals surface area (Å²) in [5.74, 6) is 0. The number of hydrogen-bond donors (Lipinski definition) is 1. The minimum absolute atomic E-state index is 0.469. The van der Waals surface area contributed by atoms with Crippen molar-refractivity contribution in [2.75, 3.05) is 0 Å². The highest BCUT2D eigenvalue weighted by Gasteiger charge is 1.99. The lowest BCUT2D eigenvalue weighted by molar-refractivity contribution is 0.517. The van der Waals surface area contributed by atoms with Crippen LogP contribution in [0.5, 0.6) is 0 Å². The molecule has 0 bridgehead atoms. The fraction of sp³-hybridized carbons (Fsp3) is 1.00. The molecule has 68 valence electrons. The van der Waals surface area contributed by atoms with Crippen molar-refractivity contribution in [3.63, 3.8) is 0 Å². The van der Waals surface area contributed by atoms with E-state index in [9.17, 15) is 0 Å². The molecular formula is C10H23N. The van der Waals surface area contributed by atoms with E-state index in [1.807, 2.05) is 0 Å². The minimum atomic E-state index is 0.469. The third-order valence-electron chi connectivity index (χ3n) is 2.09.